The van der Waals surface area contributed by atoms with E-state index >= 15 is 0 Å². The van der Waals surface area contributed by atoms with Gasteiger partial charge >= 0.3 is 16.4 Å². The lowest BCUT2D eigenvalue weighted by atomic mass is 10.0. The van der Waals surface area contributed by atoms with E-state index in [4.69, 9.17) is 28.2 Å². The van der Waals surface area contributed by atoms with Gasteiger partial charge in [-0.1, -0.05) is 77.8 Å². The van der Waals surface area contributed by atoms with Gasteiger partial charge in [0.15, 0.2) is 0 Å². The molecule has 47 heavy (non-hydrogen) atoms. The van der Waals surface area contributed by atoms with Crippen LogP contribution in [0.4, 0.5) is 18.9 Å². The smallest absolute Gasteiger partial charge is 0.326 e. The van der Waals surface area contributed by atoms with Crippen LogP contribution in [0.2, 0.25) is 10.0 Å². The average Bonchev–Trinajstić information content (AvgIpc) is 3.53. The van der Waals surface area contributed by atoms with Gasteiger partial charge in [0, 0.05) is 23.3 Å². The van der Waals surface area contributed by atoms with Gasteiger partial charge in [-0.25, -0.2) is 14.0 Å². The molecule has 1 aliphatic heterocycles. The quantitative estimate of drug-likeness (QED) is 0.186. The second-order valence-corrected chi connectivity index (χ2v) is 13.4. The number of amides is 1. The van der Waals surface area contributed by atoms with Crippen molar-refractivity contribution in [2.75, 3.05) is 10.8 Å². The number of nitrogens with zero attached hydrogens (tertiary/aromatic N) is 3. The molecule has 0 unspecified atom stereocenters. The summed E-state index contributed by atoms with van der Waals surface area (Å²) in [5.74, 6) is -0.00590. The van der Waals surface area contributed by atoms with Crippen molar-refractivity contribution in [1.29, 1.82) is 0 Å². The van der Waals surface area contributed by atoms with E-state index in [0.29, 0.717) is 56.0 Å². The first-order valence-electron chi connectivity index (χ1n) is 14.2. The highest BCUT2D eigenvalue weighted by Crippen LogP contribution is 2.33. The van der Waals surface area contributed by atoms with E-state index in [-0.39, 0.29) is 6.54 Å². The largest absolute Gasteiger partial charge is 0.416 e. The maximum absolute atomic E-state index is 13.2. The molecule has 1 aromatic heterocycles. The number of benzene rings is 4. The van der Waals surface area contributed by atoms with Crippen LogP contribution in [-0.2, 0) is 27.7 Å². The summed E-state index contributed by atoms with van der Waals surface area (Å²) in [7, 11) is -3.94. The van der Waals surface area contributed by atoms with Gasteiger partial charge < -0.3 is 4.57 Å². The van der Waals surface area contributed by atoms with Gasteiger partial charge in [0.05, 0.1) is 22.0 Å². The number of alkyl halides is 3. The molecule has 4 aromatic carbocycles. The predicted octanol–water partition coefficient (Wildman–Crippen LogP) is 8.25. The number of aryl methyl sites for hydroxylation is 1. The van der Waals surface area contributed by atoms with E-state index in [0.717, 1.165) is 27.6 Å². The van der Waals surface area contributed by atoms with Crippen molar-refractivity contribution < 1.29 is 26.4 Å². The van der Waals surface area contributed by atoms with Crippen molar-refractivity contribution in [3.63, 3.8) is 0 Å². The molecule has 240 valence electrons. The molecule has 1 N–H and O–H groups in total. The van der Waals surface area contributed by atoms with E-state index < -0.39 is 27.9 Å². The van der Waals surface area contributed by atoms with Crippen LogP contribution in [-0.4, -0.2) is 30.4 Å². The fraction of sp³-hybridized carbons (Fsp3) is 0.118. The van der Waals surface area contributed by atoms with E-state index in [1.165, 1.54) is 6.07 Å². The molecule has 7 nitrogen and oxygen atoms in total. The molecule has 0 radical (unpaired) electrons. The first-order chi connectivity index (χ1) is 22.3. The zero-order chi connectivity index (χ0) is 33.5. The Balaban J connectivity index is 1.30. The number of anilines is 1. The first-order valence-corrected chi connectivity index (χ1v) is 16.4. The number of rotatable bonds is 7. The molecule has 2 heterocycles. The van der Waals surface area contributed by atoms with Crippen molar-refractivity contribution in [3.05, 3.63) is 129 Å². The number of imidazole rings is 1. The third-order valence-electron chi connectivity index (χ3n) is 7.58. The zero-order valence-corrected chi connectivity index (χ0v) is 26.9. The van der Waals surface area contributed by atoms with Crippen LogP contribution in [0.3, 0.4) is 0 Å². The van der Waals surface area contributed by atoms with Crippen molar-refractivity contribution in [2.45, 2.75) is 19.6 Å². The standard InChI is InChI=1S/C34H25Cl2F3N4O3S/c1-21-15-23(7-13-31(21)43-20-33(44)41-47(43,45)46)18-42-19-30(28-12-11-27(35)17-29(28)36)40-32(42)14-8-22-5-9-24(10-6-22)25-3-2-4-26(16-25)34(37,38)39/h2-17,19H,18,20H2,1H3,(H,41,44). The van der Waals surface area contributed by atoms with Gasteiger partial charge in [-0.05, 0) is 77.2 Å². The second-order valence-electron chi connectivity index (χ2n) is 10.9. The first kappa shape index (κ1) is 32.4. The lowest BCUT2D eigenvalue weighted by Crippen LogP contribution is -2.30. The van der Waals surface area contributed by atoms with Crippen LogP contribution in [0.5, 0.6) is 0 Å². The number of aromatic nitrogens is 2. The summed E-state index contributed by atoms with van der Waals surface area (Å²) in [6.07, 6.45) is 1.09. The molecule has 0 aliphatic carbocycles. The normalized spacial score (nSPS) is 14.6. The molecule has 1 saturated heterocycles. The number of hydrogen-bond acceptors (Lipinski definition) is 4. The molecule has 0 atom stereocenters. The number of halogens is 5. The SMILES string of the molecule is Cc1cc(Cn2cc(-c3ccc(Cl)cc3Cl)nc2C=Cc2ccc(-c3cccc(C(F)(F)F)c3)cc2)ccc1N1CC(=O)NS1(=O)=O. The monoisotopic (exact) mass is 696 g/mol. The summed E-state index contributed by atoms with van der Waals surface area (Å²) in [6, 6.07) is 22.8. The van der Waals surface area contributed by atoms with Crippen LogP contribution in [0.25, 0.3) is 34.5 Å². The Labute approximate surface area is 279 Å². The Morgan fingerprint density at radius 3 is 2.36 bits per heavy atom. The summed E-state index contributed by atoms with van der Waals surface area (Å²) in [5, 5.41) is 0.914. The Morgan fingerprint density at radius 1 is 0.936 bits per heavy atom. The minimum atomic E-state index is -4.43. The number of carbonyl (C=O) groups is 1. The van der Waals surface area contributed by atoms with Crippen molar-refractivity contribution >= 4 is 57.2 Å². The minimum absolute atomic E-state index is 0.287. The highest BCUT2D eigenvalue weighted by atomic mass is 35.5. The summed E-state index contributed by atoms with van der Waals surface area (Å²) in [6.45, 7) is 1.86. The summed E-state index contributed by atoms with van der Waals surface area (Å²) < 4.78 is 69.3. The number of hydrogen-bond donors (Lipinski definition) is 1. The van der Waals surface area contributed by atoms with Crippen molar-refractivity contribution in [1.82, 2.24) is 14.3 Å². The van der Waals surface area contributed by atoms with Crippen LogP contribution in [0.15, 0.2) is 91.1 Å². The maximum Gasteiger partial charge on any atom is 0.416 e. The predicted molar refractivity (Wildman–Crippen MR) is 178 cm³/mol. The molecule has 0 spiro atoms. The third kappa shape index (κ3) is 7.07. The van der Waals surface area contributed by atoms with Gasteiger partial charge in [0.25, 0.3) is 5.91 Å². The summed E-state index contributed by atoms with van der Waals surface area (Å²) in [4.78, 5) is 16.6. The Hall–Kier alpha value is -4.58. The molecular weight excluding hydrogens is 672 g/mol. The highest BCUT2D eigenvalue weighted by molar-refractivity contribution is 7.92. The van der Waals surface area contributed by atoms with Gasteiger partial charge in [-0.3, -0.25) is 4.79 Å². The van der Waals surface area contributed by atoms with Crippen LogP contribution >= 0.6 is 23.2 Å². The van der Waals surface area contributed by atoms with Crippen molar-refractivity contribution in [2.24, 2.45) is 0 Å². The molecule has 1 fully saturated rings. The fourth-order valence-corrected chi connectivity index (χ4v) is 7.02. The highest BCUT2D eigenvalue weighted by Gasteiger charge is 2.34. The van der Waals surface area contributed by atoms with E-state index in [1.807, 2.05) is 45.8 Å². The maximum atomic E-state index is 13.2. The number of carbonyl (C=O) groups excluding carboxylic acids is 1. The molecule has 5 aromatic rings. The van der Waals surface area contributed by atoms with Crippen LogP contribution in [0.1, 0.15) is 28.1 Å². The molecule has 1 aliphatic rings. The molecule has 1 amide bonds. The van der Waals surface area contributed by atoms with Gasteiger partial charge in [0.2, 0.25) is 0 Å². The van der Waals surface area contributed by atoms with Crippen LogP contribution in [0, 0.1) is 6.92 Å². The lowest BCUT2D eigenvalue weighted by molar-refractivity contribution is -0.137. The van der Waals surface area contributed by atoms with E-state index in [9.17, 15) is 26.4 Å². The van der Waals surface area contributed by atoms with Gasteiger partial charge in [-0.15, -0.1) is 0 Å². The number of nitrogens with one attached hydrogen (secondary N) is 1. The van der Waals surface area contributed by atoms with Crippen LogP contribution < -0.4 is 9.03 Å². The molecule has 6 rings (SSSR count). The molecule has 13 heteroatoms. The van der Waals surface area contributed by atoms with E-state index in [1.54, 1.807) is 55.5 Å². The Kier molecular flexibility index (Phi) is 8.64. The fourth-order valence-electron chi connectivity index (χ4n) is 5.30. The van der Waals surface area contributed by atoms with Crippen molar-refractivity contribution in [3.8, 4) is 22.4 Å². The Morgan fingerprint density at radius 2 is 1.70 bits per heavy atom. The second kappa shape index (κ2) is 12.6. The summed E-state index contributed by atoms with van der Waals surface area (Å²) >= 11 is 12.6. The topological polar surface area (TPSA) is 84.3 Å². The van der Waals surface area contributed by atoms with Gasteiger partial charge in [0.1, 0.15) is 12.4 Å². The molecule has 0 saturated carbocycles. The summed E-state index contributed by atoms with van der Waals surface area (Å²) in [5.41, 5.74) is 4.41. The molecule has 0 bridgehead atoms. The molecular formula is C34H25Cl2F3N4O3S. The zero-order valence-electron chi connectivity index (χ0n) is 24.6. The minimum Gasteiger partial charge on any atom is -0.326 e. The van der Waals surface area contributed by atoms with Gasteiger partial charge in [-0.2, -0.15) is 21.6 Å². The average molecular weight is 698 g/mol. The Bertz CT molecular complexity index is 2150. The third-order valence-corrected chi connectivity index (χ3v) is 9.52. The van der Waals surface area contributed by atoms with E-state index in [2.05, 4.69) is 0 Å². The lowest BCUT2D eigenvalue weighted by Gasteiger charge is -2.18.